The van der Waals surface area contributed by atoms with Crippen molar-refractivity contribution in [3.63, 3.8) is 0 Å². The van der Waals surface area contributed by atoms with Crippen LogP contribution in [-0.4, -0.2) is 37.0 Å². The lowest BCUT2D eigenvalue weighted by Gasteiger charge is -2.14. The van der Waals surface area contributed by atoms with E-state index in [1.807, 2.05) is 6.92 Å². The highest BCUT2D eigenvalue weighted by Crippen LogP contribution is 2.24. The SMILES string of the molecule is CCOC(=O)CN(C)C(=O)c1cc(N)c(C)s1. The number of ether oxygens (including phenoxy) is 1. The lowest BCUT2D eigenvalue weighted by atomic mass is 10.3. The van der Waals surface area contributed by atoms with Gasteiger partial charge in [0.1, 0.15) is 6.54 Å². The number of likely N-dealkylation sites (N-methyl/N-ethyl adjacent to an activating group) is 1. The van der Waals surface area contributed by atoms with Gasteiger partial charge in [-0.1, -0.05) is 0 Å². The Hall–Kier alpha value is -1.56. The fraction of sp³-hybridized carbons (Fsp3) is 0.455. The molecule has 0 saturated carbocycles. The second-order valence-electron chi connectivity index (χ2n) is 3.59. The summed E-state index contributed by atoms with van der Waals surface area (Å²) in [4.78, 5) is 25.9. The highest BCUT2D eigenvalue weighted by Gasteiger charge is 2.18. The average Bonchev–Trinajstić information content (AvgIpc) is 2.58. The smallest absolute Gasteiger partial charge is 0.325 e. The molecule has 0 atom stereocenters. The van der Waals surface area contributed by atoms with Crippen LogP contribution in [0.2, 0.25) is 0 Å². The third-order valence-electron chi connectivity index (χ3n) is 2.19. The first-order valence-electron chi connectivity index (χ1n) is 5.22. The summed E-state index contributed by atoms with van der Waals surface area (Å²) in [5.41, 5.74) is 6.28. The van der Waals surface area contributed by atoms with Gasteiger partial charge in [-0.3, -0.25) is 9.59 Å². The molecule has 1 aromatic heterocycles. The van der Waals surface area contributed by atoms with E-state index in [1.165, 1.54) is 16.2 Å². The van der Waals surface area contributed by atoms with E-state index >= 15 is 0 Å². The lowest BCUT2D eigenvalue weighted by molar-refractivity contribution is -0.143. The summed E-state index contributed by atoms with van der Waals surface area (Å²) in [6.07, 6.45) is 0. The first-order valence-corrected chi connectivity index (χ1v) is 6.04. The zero-order valence-electron chi connectivity index (χ0n) is 10.1. The minimum atomic E-state index is -0.412. The predicted octanol–water partition coefficient (Wildman–Crippen LogP) is 1.27. The van der Waals surface area contributed by atoms with Crippen molar-refractivity contribution in [2.45, 2.75) is 13.8 Å². The van der Waals surface area contributed by atoms with Crippen molar-refractivity contribution in [1.82, 2.24) is 4.90 Å². The average molecular weight is 256 g/mol. The van der Waals surface area contributed by atoms with Gasteiger partial charge in [0.25, 0.3) is 5.91 Å². The van der Waals surface area contributed by atoms with E-state index in [-0.39, 0.29) is 12.5 Å². The number of rotatable bonds is 4. The summed E-state index contributed by atoms with van der Waals surface area (Å²) in [7, 11) is 1.56. The van der Waals surface area contributed by atoms with Crippen molar-refractivity contribution in [3.05, 3.63) is 15.8 Å². The van der Waals surface area contributed by atoms with Crippen LogP contribution >= 0.6 is 11.3 Å². The molecule has 0 bridgehead atoms. The maximum Gasteiger partial charge on any atom is 0.325 e. The number of hydrogen-bond donors (Lipinski definition) is 1. The first kappa shape index (κ1) is 13.5. The molecule has 0 aliphatic rings. The molecule has 0 saturated heterocycles. The second-order valence-corrected chi connectivity index (χ2v) is 4.84. The number of esters is 1. The monoisotopic (exact) mass is 256 g/mol. The number of nitrogens with two attached hydrogens (primary N) is 1. The Labute approximate surface area is 104 Å². The Kier molecular flexibility index (Phi) is 4.51. The van der Waals surface area contributed by atoms with Crippen LogP contribution in [0.5, 0.6) is 0 Å². The Balaban J connectivity index is 2.66. The summed E-state index contributed by atoms with van der Waals surface area (Å²) in [6, 6.07) is 1.63. The molecule has 5 nitrogen and oxygen atoms in total. The van der Waals surface area contributed by atoms with E-state index in [0.29, 0.717) is 17.2 Å². The van der Waals surface area contributed by atoms with Gasteiger partial charge < -0.3 is 15.4 Å². The molecule has 17 heavy (non-hydrogen) atoms. The molecule has 0 fully saturated rings. The van der Waals surface area contributed by atoms with Crippen molar-refractivity contribution in [3.8, 4) is 0 Å². The normalized spacial score (nSPS) is 10.1. The van der Waals surface area contributed by atoms with Crippen LogP contribution in [0.3, 0.4) is 0 Å². The predicted molar refractivity (Wildman–Crippen MR) is 67.1 cm³/mol. The topological polar surface area (TPSA) is 72.6 Å². The zero-order valence-corrected chi connectivity index (χ0v) is 11.0. The van der Waals surface area contributed by atoms with Crippen molar-refractivity contribution in [2.75, 3.05) is 25.9 Å². The molecule has 1 aromatic rings. The maximum absolute atomic E-state index is 11.9. The van der Waals surface area contributed by atoms with E-state index in [1.54, 1.807) is 20.0 Å². The lowest BCUT2D eigenvalue weighted by Crippen LogP contribution is -2.32. The Morgan fingerprint density at radius 2 is 2.18 bits per heavy atom. The molecule has 0 unspecified atom stereocenters. The van der Waals surface area contributed by atoms with Gasteiger partial charge in [-0.2, -0.15) is 0 Å². The zero-order chi connectivity index (χ0) is 13.0. The molecule has 94 valence electrons. The Morgan fingerprint density at radius 3 is 2.65 bits per heavy atom. The fourth-order valence-electron chi connectivity index (χ4n) is 1.26. The minimum absolute atomic E-state index is 0.0521. The number of hydrogen-bond acceptors (Lipinski definition) is 5. The van der Waals surface area contributed by atoms with Crippen LogP contribution in [0.4, 0.5) is 5.69 Å². The molecule has 1 heterocycles. The van der Waals surface area contributed by atoms with Gasteiger partial charge >= 0.3 is 5.97 Å². The van der Waals surface area contributed by atoms with Crippen LogP contribution < -0.4 is 5.73 Å². The van der Waals surface area contributed by atoms with Crippen LogP contribution in [-0.2, 0) is 9.53 Å². The van der Waals surface area contributed by atoms with Crippen molar-refractivity contribution >= 4 is 28.9 Å². The van der Waals surface area contributed by atoms with Gasteiger partial charge in [0, 0.05) is 17.6 Å². The number of thiophene rings is 1. The molecule has 6 heteroatoms. The molecule has 2 N–H and O–H groups in total. The van der Waals surface area contributed by atoms with Gasteiger partial charge in [0.05, 0.1) is 11.5 Å². The van der Waals surface area contributed by atoms with Crippen LogP contribution in [0.1, 0.15) is 21.5 Å². The van der Waals surface area contributed by atoms with E-state index in [9.17, 15) is 9.59 Å². The molecule has 1 amide bonds. The summed E-state index contributed by atoms with van der Waals surface area (Å²) in [5, 5.41) is 0. The fourth-order valence-corrected chi connectivity index (χ4v) is 2.20. The maximum atomic E-state index is 11.9. The summed E-state index contributed by atoms with van der Waals surface area (Å²) >= 11 is 1.32. The summed E-state index contributed by atoms with van der Waals surface area (Å²) in [5.74, 6) is -0.632. The summed E-state index contributed by atoms with van der Waals surface area (Å²) in [6.45, 7) is 3.83. The molecular formula is C11H16N2O3S. The number of aryl methyl sites for hydroxylation is 1. The number of anilines is 1. The third kappa shape index (κ3) is 3.45. The van der Waals surface area contributed by atoms with Crippen molar-refractivity contribution in [2.24, 2.45) is 0 Å². The highest BCUT2D eigenvalue weighted by atomic mass is 32.1. The standard InChI is InChI=1S/C11H16N2O3S/c1-4-16-10(14)6-13(3)11(15)9-5-8(12)7(2)17-9/h5H,4,6,12H2,1-3H3. The van der Waals surface area contributed by atoms with Crippen LogP contribution in [0, 0.1) is 6.92 Å². The molecule has 0 aromatic carbocycles. The van der Waals surface area contributed by atoms with Crippen molar-refractivity contribution in [1.29, 1.82) is 0 Å². The number of nitrogen functional groups attached to an aromatic ring is 1. The van der Waals surface area contributed by atoms with Crippen LogP contribution in [0.15, 0.2) is 6.07 Å². The quantitative estimate of drug-likeness (QED) is 0.823. The molecule has 0 aliphatic carbocycles. The Morgan fingerprint density at radius 1 is 1.53 bits per heavy atom. The van der Waals surface area contributed by atoms with E-state index < -0.39 is 5.97 Å². The van der Waals surface area contributed by atoms with Crippen molar-refractivity contribution < 1.29 is 14.3 Å². The van der Waals surface area contributed by atoms with Gasteiger partial charge in [-0.05, 0) is 19.9 Å². The summed E-state index contributed by atoms with van der Waals surface area (Å²) < 4.78 is 4.77. The molecule has 1 rings (SSSR count). The molecular weight excluding hydrogens is 240 g/mol. The van der Waals surface area contributed by atoms with E-state index in [0.717, 1.165) is 4.88 Å². The molecule has 0 spiro atoms. The third-order valence-corrected chi connectivity index (χ3v) is 3.24. The van der Waals surface area contributed by atoms with Gasteiger partial charge in [-0.25, -0.2) is 0 Å². The second kappa shape index (κ2) is 5.67. The number of carbonyl (C=O) groups excluding carboxylic acids is 2. The first-order chi connectivity index (χ1) is 7.95. The van der Waals surface area contributed by atoms with E-state index in [2.05, 4.69) is 0 Å². The van der Waals surface area contributed by atoms with Crippen LogP contribution in [0.25, 0.3) is 0 Å². The van der Waals surface area contributed by atoms with E-state index in [4.69, 9.17) is 10.5 Å². The molecule has 0 radical (unpaired) electrons. The van der Waals surface area contributed by atoms with Gasteiger partial charge in [0.2, 0.25) is 0 Å². The Bertz CT molecular complexity index is 409. The highest BCUT2D eigenvalue weighted by molar-refractivity contribution is 7.14. The number of amides is 1. The largest absolute Gasteiger partial charge is 0.465 e. The van der Waals surface area contributed by atoms with Gasteiger partial charge in [-0.15, -0.1) is 11.3 Å². The van der Waals surface area contributed by atoms with Gasteiger partial charge in [0.15, 0.2) is 0 Å². The molecule has 0 aliphatic heterocycles. The number of nitrogens with zero attached hydrogens (tertiary/aromatic N) is 1. The number of carbonyl (C=O) groups is 2. The minimum Gasteiger partial charge on any atom is -0.465 e.